The van der Waals surface area contributed by atoms with Gasteiger partial charge in [-0.1, -0.05) is 54.1 Å². The quantitative estimate of drug-likeness (QED) is 0.474. The molecule has 0 aliphatic carbocycles. The van der Waals surface area contributed by atoms with E-state index in [-0.39, 0.29) is 17.9 Å². The number of anilines is 1. The Balaban J connectivity index is 1.78. The summed E-state index contributed by atoms with van der Waals surface area (Å²) in [5, 5.41) is 7.36. The van der Waals surface area contributed by atoms with E-state index in [0.29, 0.717) is 29.4 Å². The molecule has 1 amide bonds. The maximum absolute atomic E-state index is 13.3. The highest BCUT2D eigenvalue weighted by atomic mass is 16.2. The number of carbonyl (C=O) groups excluding carboxylic acids is 1. The Bertz CT molecular complexity index is 1380. The second kappa shape index (κ2) is 8.63. The summed E-state index contributed by atoms with van der Waals surface area (Å²) < 4.78 is 3.14. The molecule has 162 valence electrons. The van der Waals surface area contributed by atoms with E-state index in [0.717, 1.165) is 22.4 Å². The predicted molar refractivity (Wildman–Crippen MR) is 126 cm³/mol. The van der Waals surface area contributed by atoms with Crippen LogP contribution in [0.5, 0.6) is 0 Å². The van der Waals surface area contributed by atoms with Crippen molar-refractivity contribution in [3.05, 3.63) is 93.9 Å². The Labute approximate surface area is 186 Å². The number of hydrogen-bond donors (Lipinski definition) is 1. The minimum absolute atomic E-state index is 0.0637. The number of amides is 1. The molecule has 0 fully saturated rings. The number of hydrogen-bond acceptors (Lipinski definition) is 4. The fraction of sp³-hybridized carbons (Fsp3) is 0.200. The van der Waals surface area contributed by atoms with Crippen LogP contribution in [0.1, 0.15) is 22.4 Å². The second-order valence-electron chi connectivity index (χ2n) is 7.82. The Kier molecular flexibility index (Phi) is 5.73. The standard InChI is InChI=1S/C25H25N5O2/c1-5-14-29-18(4)20(15-22(31)26-21-9-7-6-8-17(21)3)24(32)30-25(29)27-23(28-30)19-12-10-16(2)11-13-19/h5-13H,1,14-15H2,2-4H3,(H,26,31). The monoisotopic (exact) mass is 427 g/mol. The summed E-state index contributed by atoms with van der Waals surface area (Å²) in [6.07, 6.45) is 1.67. The maximum atomic E-state index is 13.3. The molecule has 0 saturated carbocycles. The SMILES string of the molecule is C=CCn1c(C)c(CC(=O)Nc2ccccc2C)c(=O)n2nc(-c3ccc(C)cc3)nc12. The number of nitrogens with one attached hydrogen (secondary N) is 1. The first kappa shape index (κ1) is 21.2. The van der Waals surface area contributed by atoms with Crippen LogP contribution in [0, 0.1) is 20.8 Å². The molecule has 7 heteroatoms. The van der Waals surface area contributed by atoms with E-state index < -0.39 is 0 Å². The van der Waals surface area contributed by atoms with Gasteiger partial charge in [0, 0.05) is 29.1 Å². The van der Waals surface area contributed by atoms with Gasteiger partial charge in [-0.15, -0.1) is 11.7 Å². The molecule has 0 radical (unpaired) electrons. The average Bonchev–Trinajstić information content (AvgIpc) is 3.22. The highest BCUT2D eigenvalue weighted by Crippen LogP contribution is 2.19. The van der Waals surface area contributed by atoms with E-state index in [1.807, 2.05) is 73.9 Å². The van der Waals surface area contributed by atoms with Crippen molar-refractivity contribution in [3.63, 3.8) is 0 Å². The molecule has 4 aromatic rings. The average molecular weight is 428 g/mol. The predicted octanol–water partition coefficient (Wildman–Crippen LogP) is 3.85. The molecule has 0 saturated heterocycles. The number of carbonyl (C=O) groups is 1. The van der Waals surface area contributed by atoms with Crippen LogP contribution in [0.3, 0.4) is 0 Å². The van der Waals surface area contributed by atoms with E-state index in [4.69, 9.17) is 0 Å². The highest BCUT2D eigenvalue weighted by Gasteiger charge is 2.20. The van der Waals surface area contributed by atoms with Crippen molar-refractivity contribution < 1.29 is 4.79 Å². The molecular weight excluding hydrogens is 402 g/mol. The van der Waals surface area contributed by atoms with Crippen LogP contribution < -0.4 is 10.9 Å². The highest BCUT2D eigenvalue weighted by molar-refractivity contribution is 5.93. The molecular formula is C25H25N5O2. The van der Waals surface area contributed by atoms with Gasteiger partial charge in [-0.2, -0.15) is 9.50 Å². The fourth-order valence-electron chi connectivity index (χ4n) is 3.65. The van der Waals surface area contributed by atoms with E-state index in [9.17, 15) is 9.59 Å². The van der Waals surface area contributed by atoms with Gasteiger partial charge in [0.2, 0.25) is 11.7 Å². The van der Waals surface area contributed by atoms with Gasteiger partial charge in [0.1, 0.15) is 0 Å². The van der Waals surface area contributed by atoms with Crippen molar-refractivity contribution in [2.45, 2.75) is 33.7 Å². The van der Waals surface area contributed by atoms with Crippen LogP contribution in [0.2, 0.25) is 0 Å². The van der Waals surface area contributed by atoms with Gasteiger partial charge >= 0.3 is 0 Å². The van der Waals surface area contributed by atoms with Gasteiger partial charge in [-0.25, -0.2) is 0 Å². The number of nitrogens with zero attached hydrogens (tertiary/aromatic N) is 4. The molecule has 32 heavy (non-hydrogen) atoms. The molecule has 0 aliphatic heterocycles. The molecule has 0 bridgehead atoms. The molecule has 2 aromatic heterocycles. The Morgan fingerprint density at radius 3 is 2.50 bits per heavy atom. The van der Waals surface area contributed by atoms with Crippen LogP contribution in [0.4, 0.5) is 5.69 Å². The van der Waals surface area contributed by atoms with Gasteiger partial charge in [0.05, 0.1) is 6.42 Å². The summed E-state index contributed by atoms with van der Waals surface area (Å²) in [6.45, 7) is 10.0. The molecule has 7 nitrogen and oxygen atoms in total. The number of rotatable bonds is 6. The summed E-state index contributed by atoms with van der Waals surface area (Å²) in [5.74, 6) is 0.620. The number of para-hydroxylation sites is 1. The number of aryl methyl sites for hydroxylation is 2. The zero-order valence-electron chi connectivity index (χ0n) is 18.4. The van der Waals surface area contributed by atoms with Crippen molar-refractivity contribution in [3.8, 4) is 11.4 Å². The summed E-state index contributed by atoms with van der Waals surface area (Å²) >= 11 is 0. The van der Waals surface area contributed by atoms with Gasteiger partial charge in [0.15, 0.2) is 5.82 Å². The van der Waals surface area contributed by atoms with Gasteiger partial charge < -0.3 is 9.88 Å². The second-order valence-corrected chi connectivity index (χ2v) is 7.82. The Morgan fingerprint density at radius 2 is 1.81 bits per heavy atom. The first-order valence-electron chi connectivity index (χ1n) is 10.4. The van der Waals surface area contributed by atoms with Crippen LogP contribution in [-0.2, 0) is 17.8 Å². The molecule has 4 rings (SSSR count). The van der Waals surface area contributed by atoms with E-state index >= 15 is 0 Å². The smallest absolute Gasteiger partial charge is 0.279 e. The van der Waals surface area contributed by atoms with Crippen LogP contribution in [0.15, 0.2) is 66.0 Å². The minimum Gasteiger partial charge on any atom is -0.326 e. The number of benzene rings is 2. The number of fused-ring (bicyclic) bond motifs is 1. The van der Waals surface area contributed by atoms with Crippen molar-refractivity contribution in [2.75, 3.05) is 5.32 Å². The zero-order valence-corrected chi connectivity index (χ0v) is 18.4. The first-order valence-corrected chi connectivity index (χ1v) is 10.4. The van der Waals surface area contributed by atoms with Crippen molar-refractivity contribution in [1.82, 2.24) is 19.2 Å². The van der Waals surface area contributed by atoms with Gasteiger partial charge in [-0.3, -0.25) is 9.59 Å². The summed E-state index contributed by atoms with van der Waals surface area (Å²) in [5.41, 5.74) is 4.34. The molecule has 2 aromatic carbocycles. The van der Waals surface area contributed by atoms with E-state index in [1.54, 1.807) is 6.08 Å². The van der Waals surface area contributed by atoms with Crippen molar-refractivity contribution in [1.29, 1.82) is 0 Å². The third-order valence-electron chi connectivity index (χ3n) is 5.50. The lowest BCUT2D eigenvalue weighted by molar-refractivity contribution is -0.115. The van der Waals surface area contributed by atoms with Crippen molar-refractivity contribution in [2.24, 2.45) is 0 Å². The number of aromatic nitrogens is 4. The van der Waals surface area contributed by atoms with E-state index in [1.165, 1.54) is 4.52 Å². The van der Waals surface area contributed by atoms with Crippen LogP contribution in [-0.4, -0.2) is 25.1 Å². The molecule has 0 spiro atoms. The topological polar surface area (TPSA) is 81.3 Å². The summed E-state index contributed by atoms with van der Waals surface area (Å²) in [4.78, 5) is 30.7. The van der Waals surface area contributed by atoms with Crippen LogP contribution >= 0.6 is 0 Å². The summed E-state index contributed by atoms with van der Waals surface area (Å²) in [6, 6.07) is 15.3. The summed E-state index contributed by atoms with van der Waals surface area (Å²) in [7, 11) is 0. The van der Waals surface area contributed by atoms with Gasteiger partial charge in [0.25, 0.3) is 5.56 Å². The lowest BCUT2D eigenvalue weighted by atomic mass is 10.1. The van der Waals surface area contributed by atoms with Crippen LogP contribution in [0.25, 0.3) is 17.2 Å². The van der Waals surface area contributed by atoms with Crippen molar-refractivity contribution >= 4 is 17.4 Å². The maximum Gasteiger partial charge on any atom is 0.279 e. The molecule has 2 heterocycles. The van der Waals surface area contributed by atoms with E-state index in [2.05, 4.69) is 22.0 Å². The lowest BCUT2D eigenvalue weighted by Gasteiger charge is -2.14. The van der Waals surface area contributed by atoms with Gasteiger partial charge in [-0.05, 0) is 32.4 Å². The first-order chi connectivity index (χ1) is 15.4. The lowest BCUT2D eigenvalue weighted by Crippen LogP contribution is -2.29. The fourth-order valence-corrected chi connectivity index (χ4v) is 3.65. The number of allylic oxidation sites excluding steroid dienone is 1. The Morgan fingerprint density at radius 1 is 1.09 bits per heavy atom. The molecule has 0 unspecified atom stereocenters. The third-order valence-corrected chi connectivity index (χ3v) is 5.50. The minimum atomic E-state index is -0.344. The molecule has 0 atom stereocenters. The molecule has 0 aliphatic rings. The Hall–Kier alpha value is -4.00. The zero-order chi connectivity index (χ0) is 22.8. The third kappa shape index (κ3) is 3.97. The molecule has 1 N–H and O–H groups in total. The normalized spacial score (nSPS) is 11.0. The largest absolute Gasteiger partial charge is 0.326 e.